The molecule has 0 saturated carbocycles. The summed E-state index contributed by atoms with van der Waals surface area (Å²) < 4.78 is 0. The average Bonchev–Trinajstić information content (AvgIpc) is 3.99. The zero-order valence-corrected chi connectivity index (χ0v) is 45.5. The van der Waals surface area contributed by atoms with Crippen LogP contribution >= 0.6 is 0 Å². The van der Waals surface area contributed by atoms with E-state index in [0.29, 0.717) is 0 Å². The number of rotatable bonds is 4. The van der Waals surface area contributed by atoms with Crippen molar-refractivity contribution in [2.24, 2.45) is 11.8 Å². The summed E-state index contributed by atoms with van der Waals surface area (Å²) in [5.41, 5.74) is 27.3. The van der Waals surface area contributed by atoms with Crippen molar-refractivity contribution in [2.75, 3.05) is 0 Å². The highest BCUT2D eigenvalue weighted by Crippen LogP contribution is 2.68. The lowest BCUT2D eigenvalue weighted by Crippen LogP contribution is -2.18. The van der Waals surface area contributed by atoms with Gasteiger partial charge in [0.05, 0.1) is 0 Å². The SMILES string of the molecule is CC(C)(C)c1cc(-c2c3c(c(-c4ccccc4)c4ccccc24)C2=CC=C4c5c(c(-c6cc(C(C)(C)C)cc(C(C)(C)C)c6)c6cc7ccccc7cc6c5-c5ccccc5)C5=CC=C3C2C45)cc(C(C)(C)C)c1. The van der Waals surface area contributed by atoms with Gasteiger partial charge in [-0.05, 0) is 177 Å². The quantitative estimate of drug-likeness (QED) is 0.154. The maximum Gasteiger partial charge on any atom is 0.0212 e. The van der Waals surface area contributed by atoms with Crippen molar-refractivity contribution in [3.05, 3.63) is 227 Å². The first-order chi connectivity index (χ1) is 35.3. The van der Waals surface area contributed by atoms with Gasteiger partial charge in [-0.15, -0.1) is 0 Å². The Hall–Kier alpha value is -7.28. The van der Waals surface area contributed by atoms with E-state index in [2.05, 4.69) is 265 Å². The van der Waals surface area contributed by atoms with E-state index in [1.165, 1.54) is 144 Å². The van der Waals surface area contributed by atoms with Crippen LogP contribution in [0.15, 0.2) is 182 Å². The van der Waals surface area contributed by atoms with Gasteiger partial charge in [-0.2, -0.15) is 0 Å². The molecule has 9 aromatic carbocycles. The van der Waals surface area contributed by atoms with Crippen LogP contribution in [0, 0.1) is 11.8 Å². The molecular formula is C74H68. The highest BCUT2D eigenvalue weighted by Gasteiger charge is 2.51. The molecule has 0 spiro atoms. The molecule has 0 radical (unpaired) electrons. The molecule has 0 heteroatoms. The van der Waals surface area contributed by atoms with Gasteiger partial charge in [0.1, 0.15) is 0 Å². The van der Waals surface area contributed by atoms with Gasteiger partial charge in [-0.3, -0.25) is 0 Å². The maximum atomic E-state index is 2.57. The van der Waals surface area contributed by atoms with Crippen molar-refractivity contribution in [1.29, 1.82) is 0 Å². The second-order valence-corrected chi connectivity index (χ2v) is 26.1. The first-order valence-corrected chi connectivity index (χ1v) is 27.2. The fourth-order valence-corrected chi connectivity index (χ4v) is 13.2. The van der Waals surface area contributed by atoms with Gasteiger partial charge in [-0.25, -0.2) is 0 Å². The summed E-state index contributed by atoms with van der Waals surface area (Å²) in [5.74, 6) is 0.261. The molecule has 2 atom stereocenters. The molecule has 0 aromatic heterocycles. The second-order valence-electron chi connectivity index (χ2n) is 26.1. The summed E-state index contributed by atoms with van der Waals surface area (Å²) in [7, 11) is 0. The minimum absolute atomic E-state index is 0.0325. The molecule has 4 aliphatic rings. The molecule has 4 aliphatic carbocycles. The Morgan fingerprint density at radius 1 is 0.243 bits per heavy atom. The first-order valence-electron chi connectivity index (χ1n) is 27.2. The van der Waals surface area contributed by atoms with Crippen LogP contribution in [0.3, 0.4) is 0 Å². The second kappa shape index (κ2) is 16.1. The molecule has 2 unspecified atom stereocenters. The predicted molar refractivity (Wildman–Crippen MR) is 321 cm³/mol. The molecule has 74 heavy (non-hydrogen) atoms. The lowest BCUT2D eigenvalue weighted by Gasteiger charge is -2.31. The number of hydrogen-bond acceptors (Lipinski definition) is 0. The van der Waals surface area contributed by atoms with Crippen LogP contribution in [0.1, 0.15) is 128 Å². The molecule has 0 amide bonds. The largest absolute Gasteiger partial charge is 0.0622 e. The molecule has 9 aromatic rings. The van der Waals surface area contributed by atoms with Crippen molar-refractivity contribution in [1.82, 2.24) is 0 Å². The Morgan fingerprint density at radius 3 is 0.838 bits per heavy atom. The summed E-state index contributed by atoms with van der Waals surface area (Å²) in [6.45, 7) is 28.4. The van der Waals surface area contributed by atoms with Crippen LogP contribution in [0.2, 0.25) is 0 Å². The maximum absolute atomic E-state index is 2.57. The summed E-state index contributed by atoms with van der Waals surface area (Å²) in [4.78, 5) is 0. The summed E-state index contributed by atoms with van der Waals surface area (Å²) >= 11 is 0. The highest BCUT2D eigenvalue weighted by molar-refractivity contribution is 6.25. The van der Waals surface area contributed by atoms with Crippen LogP contribution in [0.5, 0.6) is 0 Å². The topological polar surface area (TPSA) is 0 Å². The highest BCUT2D eigenvalue weighted by atomic mass is 14.5. The van der Waals surface area contributed by atoms with Gasteiger partial charge in [0, 0.05) is 11.8 Å². The first kappa shape index (κ1) is 46.5. The Balaban J connectivity index is 1.19. The third kappa shape index (κ3) is 7.08. The third-order valence-corrected chi connectivity index (χ3v) is 17.1. The van der Waals surface area contributed by atoms with Crippen LogP contribution in [-0.2, 0) is 21.7 Å². The molecule has 0 fully saturated rings. The number of hydrogen-bond donors (Lipinski definition) is 0. The van der Waals surface area contributed by atoms with Crippen LogP contribution < -0.4 is 0 Å². The summed E-state index contributed by atoms with van der Waals surface area (Å²) in [6, 6.07) is 61.0. The van der Waals surface area contributed by atoms with E-state index in [4.69, 9.17) is 0 Å². The van der Waals surface area contributed by atoms with Crippen molar-refractivity contribution in [2.45, 2.75) is 105 Å². The van der Waals surface area contributed by atoms with Gasteiger partial charge in [0.15, 0.2) is 0 Å². The smallest absolute Gasteiger partial charge is 0.0212 e. The minimum atomic E-state index is -0.0455. The van der Waals surface area contributed by atoms with Gasteiger partial charge in [-0.1, -0.05) is 253 Å². The van der Waals surface area contributed by atoms with E-state index in [9.17, 15) is 0 Å². The lowest BCUT2D eigenvalue weighted by atomic mass is 9.71. The zero-order chi connectivity index (χ0) is 51.4. The van der Waals surface area contributed by atoms with Crippen molar-refractivity contribution in [3.8, 4) is 44.5 Å². The van der Waals surface area contributed by atoms with Gasteiger partial charge >= 0.3 is 0 Å². The Kier molecular flexibility index (Phi) is 10.1. The molecule has 0 N–H and O–H groups in total. The summed E-state index contributed by atoms with van der Waals surface area (Å²) in [5, 5.41) is 7.79. The van der Waals surface area contributed by atoms with E-state index in [0.717, 1.165) is 0 Å². The lowest BCUT2D eigenvalue weighted by molar-refractivity contribution is 0.568. The molecule has 0 heterocycles. The standard InChI is InChI=1S/C74H68/c1-71(2,3)49-35-47(36-50(41-49)72(4,5)6)63-54-30-22-21-29-53(54)61(43-23-15-13-16-24-43)67-55-31-32-56-66-58(34-33-57(65(55)66)69(63)67)70-64(48-37-51(73(7,8)9)42-52(38-48)74(10,11)12)60-40-46-28-20-19-27-45(46)39-59(60)62(68(56)70)44-25-17-14-18-26-44/h13-42,65-66H,1-12H3. The zero-order valence-electron chi connectivity index (χ0n) is 45.5. The molecule has 13 rings (SSSR count). The third-order valence-electron chi connectivity index (χ3n) is 17.1. The molecule has 0 aliphatic heterocycles. The monoisotopic (exact) mass is 957 g/mol. The Bertz CT molecular complexity index is 3940. The average molecular weight is 957 g/mol. The van der Waals surface area contributed by atoms with E-state index >= 15 is 0 Å². The molecule has 364 valence electrons. The number of benzene rings is 9. The number of allylic oxidation sites excluding steroid dienone is 8. The van der Waals surface area contributed by atoms with Crippen LogP contribution in [0.4, 0.5) is 0 Å². The van der Waals surface area contributed by atoms with Gasteiger partial charge in [0.2, 0.25) is 0 Å². The Morgan fingerprint density at radius 2 is 0.514 bits per heavy atom. The number of fused-ring (bicyclic) bond motifs is 9. The Labute approximate surface area is 439 Å². The van der Waals surface area contributed by atoms with Crippen LogP contribution in [-0.4, -0.2) is 0 Å². The predicted octanol–water partition coefficient (Wildman–Crippen LogP) is 20.5. The molecule has 0 nitrogen and oxygen atoms in total. The van der Waals surface area contributed by atoms with E-state index in [1.807, 2.05) is 0 Å². The van der Waals surface area contributed by atoms with E-state index in [-0.39, 0.29) is 33.5 Å². The van der Waals surface area contributed by atoms with Crippen molar-refractivity contribution >= 4 is 54.6 Å². The van der Waals surface area contributed by atoms with Gasteiger partial charge in [0.25, 0.3) is 0 Å². The van der Waals surface area contributed by atoms with Crippen LogP contribution in [0.25, 0.3) is 99.1 Å². The van der Waals surface area contributed by atoms with Crippen molar-refractivity contribution in [3.63, 3.8) is 0 Å². The fourth-order valence-electron chi connectivity index (χ4n) is 13.2. The van der Waals surface area contributed by atoms with E-state index in [1.54, 1.807) is 0 Å². The van der Waals surface area contributed by atoms with E-state index < -0.39 is 0 Å². The minimum Gasteiger partial charge on any atom is -0.0622 e. The van der Waals surface area contributed by atoms with Gasteiger partial charge < -0.3 is 0 Å². The van der Waals surface area contributed by atoms with Crippen molar-refractivity contribution < 1.29 is 0 Å². The molecular weight excluding hydrogens is 889 g/mol. The normalized spacial score (nSPS) is 17.0. The molecule has 0 bridgehead atoms. The molecule has 0 saturated heterocycles. The summed E-state index contributed by atoms with van der Waals surface area (Å²) in [6.07, 6.45) is 10.3. The fraction of sp³-hybridized carbons (Fsp3) is 0.243.